The van der Waals surface area contributed by atoms with E-state index in [1.54, 1.807) is 24.3 Å². The van der Waals surface area contributed by atoms with E-state index in [9.17, 15) is 0 Å². The summed E-state index contributed by atoms with van der Waals surface area (Å²) in [5.74, 6) is 1.19. The van der Waals surface area contributed by atoms with Gasteiger partial charge in [0.2, 0.25) is 0 Å². The fourth-order valence-corrected chi connectivity index (χ4v) is 2.24. The molecule has 3 N–H and O–H groups in total. The van der Waals surface area contributed by atoms with Gasteiger partial charge in [0.25, 0.3) is 0 Å². The number of ether oxygens (including phenoxy) is 1. The van der Waals surface area contributed by atoms with Gasteiger partial charge >= 0.3 is 0 Å². The zero-order chi connectivity index (χ0) is 14.0. The van der Waals surface area contributed by atoms with E-state index in [2.05, 4.69) is 15.9 Å². The summed E-state index contributed by atoms with van der Waals surface area (Å²) in [7, 11) is 0. The lowest BCUT2D eigenvalue weighted by Crippen LogP contribution is -2.12. The Labute approximate surface area is 125 Å². The number of rotatable bonds is 3. The van der Waals surface area contributed by atoms with Gasteiger partial charge in [-0.2, -0.15) is 0 Å². The molecule has 0 aliphatic rings. The highest BCUT2D eigenvalue weighted by Gasteiger charge is 2.10. The molecule has 0 bridgehead atoms. The van der Waals surface area contributed by atoms with Gasteiger partial charge in [0.1, 0.15) is 17.3 Å². The number of hydrogen-bond donors (Lipinski definition) is 2. The van der Waals surface area contributed by atoms with Gasteiger partial charge in [0, 0.05) is 9.50 Å². The summed E-state index contributed by atoms with van der Waals surface area (Å²) < 4.78 is 6.66. The molecule has 0 spiro atoms. The van der Waals surface area contributed by atoms with Crippen molar-refractivity contribution in [3.05, 3.63) is 57.0 Å². The van der Waals surface area contributed by atoms with Gasteiger partial charge in [-0.15, -0.1) is 0 Å². The van der Waals surface area contributed by atoms with Crippen molar-refractivity contribution in [1.82, 2.24) is 0 Å². The topological polar surface area (TPSA) is 59.1 Å². The second-order valence-corrected chi connectivity index (χ2v) is 5.42. The van der Waals surface area contributed by atoms with Gasteiger partial charge in [0.05, 0.1) is 5.56 Å². The van der Waals surface area contributed by atoms with Gasteiger partial charge in [-0.1, -0.05) is 27.5 Å². The lowest BCUT2D eigenvalue weighted by Gasteiger charge is -2.12. The summed E-state index contributed by atoms with van der Waals surface area (Å²) in [6, 6.07) is 10.7. The highest BCUT2D eigenvalue weighted by Crippen LogP contribution is 2.30. The summed E-state index contributed by atoms with van der Waals surface area (Å²) >= 11 is 9.26. The lowest BCUT2D eigenvalue weighted by molar-refractivity contribution is 0.477. The average Bonchev–Trinajstić information content (AvgIpc) is 2.34. The molecule has 2 rings (SSSR count). The molecule has 0 saturated heterocycles. The quantitative estimate of drug-likeness (QED) is 0.639. The second-order valence-electron chi connectivity index (χ2n) is 4.07. The molecule has 0 aliphatic carbocycles. The van der Waals surface area contributed by atoms with Gasteiger partial charge in [-0.05, 0) is 48.9 Å². The zero-order valence-electron chi connectivity index (χ0n) is 10.2. The molecule has 2 aromatic rings. The van der Waals surface area contributed by atoms with Crippen LogP contribution >= 0.6 is 27.5 Å². The second kappa shape index (κ2) is 5.63. The van der Waals surface area contributed by atoms with Crippen molar-refractivity contribution in [3.63, 3.8) is 0 Å². The molecule has 0 saturated carbocycles. The molecule has 0 amide bonds. The monoisotopic (exact) mass is 338 g/mol. The Morgan fingerprint density at radius 1 is 1.21 bits per heavy atom. The van der Waals surface area contributed by atoms with Gasteiger partial charge in [-0.3, -0.25) is 5.41 Å². The van der Waals surface area contributed by atoms with Crippen molar-refractivity contribution < 1.29 is 4.74 Å². The molecule has 0 aliphatic heterocycles. The van der Waals surface area contributed by atoms with E-state index < -0.39 is 0 Å². The van der Waals surface area contributed by atoms with Crippen molar-refractivity contribution in [2.75, 3.05) is 0 Å². The number of nitrogen functional groups attached to an aromatic ring is 1. The predicted octanol–water partition coefficient (Wildman–Crippen LogP) is 4.49. The third kappa shape index (κ3) is 3.28. The Morgan fingerprint density at radius 2 is 1.89 bits per heavy atom. The first-order valence-electron chi connectivity index (χ1n) is 5.55. The minimum atomic E-state index is -0.0390. The fraction of sp³-hybridized carbons (Fsp3) is 0.0714. The van der Waals surface area contributed by atoms with E-state index in [-0.39, 0.29) is 5.84 Å². The molecule has 0 unspecified atom stereocenters. The van der Waals surface area contributed by atoms with Crippen LogP contribution in [-0.2, 0) is 0 Å². The van der Waals surface area contributed by atoms with E-state index in [0.29, 0.717) is 22.1 Å². The first-order valence-corrected chi connectivity index (χ1v) is 6.72. The summed E-state index contributed by atoms with van der Waals surface area (Å²) in [6.45, 7) is 1.91. The van der Waals surface area contributed by atoms with E-state index in [0.717, 1.165) is 10.0 Å². The molecule has 0 heterocycles. The van der Waals surface area contributed by atoms with Crippen LogP contribution in [0.2, 0.25) is 5.02 Å². The number of nitrogens with one attached hydrogen (secondary N) is 1. The normalized spacial score (nSPS) is 10.3. The molecule has 0 atom stereocenters. The molecule has 0 radical (unpaired) electrons. The third-order valence-electron chi connectivity index (χ3n) is 2.59. The third-order valence-corrected chi connectivity index (χ3v) is 3.32. The number of hydrogen-bond acceptors (Lipinski definition) is 2. The molecule has 19 heavy (non-hydrogen) atoms. The Balaban J connectivity index is 2.40. The predicted molar refractivity (Wildman–Crippen MR) is 81.4 cm³/mol. The fourth-order valence-electron chi connectivity index (χ4n) is 1.65. The van der Waals surface area contributed by atoms with Crippen LogP contribution in [0.4, 0.5) is 0 Å². The highest BCUT2D eigenvalue weighted by atomic mass is 79.9. The van der Waals surface area contributed by atoms with Crippen LogP contribution < -0.4 is 10.5 Å². The summed E-state index contributed by atoms with van der Waals surface area (Å²) in [6.07, 6.45) is 0. The standard InChI is InChI=1S/C14H12BrClN2O/c1-8-6-10(16)3-5-12(8)19-13-4-2-9(15)7-11(13)14(17)18/h2-7H,1H3,(H3,17,18). The van der Waals surface area contributed by atoms with Crippen LogP contribution in [-0.4, -0.2) is 5.84 Å². The first kappa shape index (κ1) is 13.9. The van der Waals surface area contributed by atoms with Crippen LogP contribution in [0.15, 0.2) is 40.9 Å². The Kier molecular flexibility index (Phi) is 4.12. The van der Waals surface area contributed by atoms with Crippen LogP contribution in [0.25, 0.3) is 0 Å². The maximum absolute atomic E-state index is 7.58. The number of aryl methyl sites for hydroxylation is 1. The Morgan fingerprint density at radius 3 is 2.53 bits per heavy atom. The molecular formula is C14H12BrClN2O. The smallest absolute Gasteiger partial charge is 0.138 e. The number of halogens is 2. The number of benzene rings is 2. The van der Waals surface area contributed by atoms with E-state index in [1.165, 1.54) is 0 Å². The highest BCUT2D eigenvalue weighted by molar-refractivity contribution is 9.10. The van der Waals surface area contributed by atoms with Crippen molar-refractivity contribution in [3.8, 4) is 11.5 Å². The number of amidine groups is 1. The summed E-state index contributed by atoms with van der Waals surface area (Å²) in [4.78, 5) is 0. The maximum atomic E-state index is 7.58. The van der Waals surface area contributed by atoms with E-state index in [4.69, 9.17) is 27.5 Å². The van der Waals surface area contributed by atoms with E-state index in [1.807, 2.05) is 19.1 Å². The molecular weight excluding hydrogens is 328 g/mol. The zero-order valence-corrected chi connectivity index (χ0v) is 12.5. The molecule has 0 fully saturated rings. The lowest BCUT2D eigenvalue weighted by atomic mass is 10.1. The Hall–Kier alpha value is -1.52. The van der Waals surface area contributed by atoms with E-state index >= 15 is 0 Å². The minimum absolute atomic E-state index is 0.0390. The van der Waals surface area contributed by atoms with Crippen molar-refractivity contribution in [2.45, 2.75) is 6.92 Å². The molecule has 3 nitrogen and oxygen atoms in total. The van der Waals surface area contributed by atoms with Crippen LogP contribution in [0.5, 0.6) is 11.5 Å². The number of nitrogens with two attached hydrogens (primary N) is 1. The van der Waals surface area contributed by atoms with Crippen molar-refractivity contribution in [1.29, 1.82) is 5.41 Å². The summed E-state index contributed by atoms with van der Waals surface area (Å²) in [5, 5.41) is 8.24. The molecule has 5 heteroatoms. The molecule has 98 valence electrons. The van der Waals surface area contributed by atoms with Gasteiger partial charge < -0.3 is 10.5 Å². The van der Waals surface area contributed by atoms with Crippen LogP contribution in [0.3, 0.4) is 0 Å². The summed E-state index contributed by atoms with van der Waals surface area (Å²) in [5.41, 5.74) is 7.03. The maximum Gasteiger partial charge on any atom is 0.138 e. The van der Waals surface area contributed by atoms with Crippen molar-refractivity contribution in [2.24, 2.45) is 5.73 Å². The molecule has 0 aromatic heterocycles. The van der Waals surface area contributed by atoms with Gasteiger partial charge in [-0.25, -0.2) is 0 Å². The minimum Gasteiger partial charge on any atom is -0.456 e. The van der Waals surface area contributed by atoms with Crippen LogP contribution in [0, 0.1) is 12.3 Å². The Bertz CT molecular complexity index is 643. The van der Waals surface area contributed by atoms with Crippen molar-refractivity contribution >= 4 is 33.4 Å². The first-order chi connectivity index (χ1) is 8.97. The van der Waals surface area contributed by atoms with Crippen LogP contribution in [0.1, 0.15) is 11.1 Å². The van der Waals surface area contributed by atoms with Gasteiger partial charge in [0.15, 0.2) is 0 Å². The molecule has 2 aromatic carbocycles. The average molecular weight is 340 g/mol. The SMILES string of the molecule is Cc1cc(Cl)ccc1Oc1ccc(Br)cc1C(=N)N. The largest absolute Gasteiger partial charge is 0.456 e.